The number of carbonyl (C=O) groups excluding carboxylic acids is 1. The first-order valence-electron chi connectivity index (χ1n) is 8.17. The first kappa shape index (κ1) is 13.6. The second-order valence-electron chi connectivity index (χ2n) is 6.61. The van der Waals surface area contributed by atoms with Gasteiger partial charge in [-0.05, 0) is 37.5 Å². The highest BCUT2D eigenvalue weighted by Gasteiger charge is 2.47. The van der Waals surface area contributed by atoms with Gasteiger partial charge in [-0.1, -0.05) is 48.0 Å². The summed E-state index contributed by atoms with van der Waals surface area (Å²) in [5.41, 5.74) is 3.80. The zero-order chi connectivity index (χ0) is 15.1. The lowest BCUT2D eigenvalue weighted by atomic mass is 9.71. The number of ketones is 1. The molecule has 2 nitrogen and oxygen atoms in total. The van der Waals surface area contributed by atoms with Crippen LogP contribution in [0.2, 0.25) is 0 Å². The number of benzene rings is 2. The Morgan fingerprint density at radius 2 is 1.68 bits per heavy atom. The molecule has 22 heavy (non-hydrogen) atoms. The second-order valence-corrected chi connectivity index (χ2v) is 6.61. The third-order valence-electron chi connectivity index (χ3n) is 5.21. The molecule has 3 atom stereocenters. The van der Waals surface area contributed by atoms with Gasteiger partial charge in [-0.2, -0.15) is 0 Å². The summed E-state index contributed by atoms with van der Waals surface area (Å²) in [6.45, 7) is 2.12. The van der Waals surface area contributed by atoms with Gasteiger partial charge in [0, 0.05) is 24.1 Å². The molecule has 2 aromatic carbocycles. The molecule has 112 valence electrons. The van der Waals surface area contributed by atoms with Crippen molar-refractivity contribution < 1.29 is 4.79 Å². The molecule has 0 N–H and O–H groups in total. The summed E-state index contributed by atoms with van der Waals surface area (Å²) in [6, 6.07) is 19.8. The highest BCUT2D eigenvalue weighted by molar-refractivity contribution is 5.86. The van der Waals surface area contributed by atoms with Gasteiger partial charge in [0.15, 0.2) is 0 Å². The smallest absolute Gasteiger partial charge is 0.140 e. The normalized spacial score (nSPS) is 27.2. The van der Waals surface area contributed by atoms with E-state index in [2.05, 4.69) is 60.4 Å². The molecule has 0 unspecified atom stereocenters. The van der Waals surface area contributed by atoms with Crippen molar-refractivity contribution in [2.75, 3.05) is 4.90 Å². The Labute approximate surface area is 131 Å². The van der Waals surface area contributed by atoms with Gasteiger partial charge in [0.25, 0.3) is 0 Å². The molecule has 2 heteroatoms. The Morgan fingerprint density at radius 1 is 0.955 bits per heavy atom. The molecule has 2 bridgehead atoms. The van der Waals surface area contributed by atoms with Crippen LogP contribution >= 0.6 is 0 Å². The van der Waals surface area contributed by atoms with E-state index in [9.17, 15) is 4.79 Å². The van der Waals surface area contributed by atoms with Crippen molar-refractivity contribution in [2.45, 2.75) is 38.3 Å². The molecule has 2 aliphatic heterocycles. The quantitative estimate of drug-likeness (QED) is 0.822. The lowest BCUT2D eigenvalue weighted by Crippen LogP contribution is -2.54. The van der Waals surface area contributed by atoms with E-state index in [0.717, 1.165) is 12.8 Å². The van der Waals surface area contributed by atoms with Gasteiger partial charge in [0.1, 0.15) is 5.78 Å². The van der Waals surface area contributed by atoms with Gasteiger partial charge >= 0.3 is 0 Å². The summed E-state index contributed by atoms with van der Waals surface area (Å²) < 4.78 is 0. The number of hydrogen-bond donors (Lipinski definition) is 0. The highest BCUT2D eigenvalue weighted by atomic mass is 16.1. The van der Waals surface area contributed by atoms with Crippen LogP contribution in [0, 0.1) is 12.8 Å². The monoisotopic (exact) mass is 291 g/mol. The minimum atomic E-state index is 0.147. The van der Waals surface area contributed by atoms with E-state index in [1.54, 1.807) is 0 Å². The third kappa shape index (κ3) is 2.14. The largest absolute Gasteiger partial charge is 0.360 e. The van der Waals surface area contributed by atoms with E-state index < -0.39 is 0 Å². The van der Waals surface area contributed by atoms with Crippen molar-refractivity contribution in [1.29, 1.82) is 0 Å². The molecule has 3 fully saturated rings. The van der Waals surface area contributed by atoms with Gasteiger partial charge in [0.2, 0.25) is 0 Å². The first-order chi connectivity index (χ1) is 10.7. The number of nitrogens with zero attached hydrogens (tertiary/aromatic N) is 1. The van der Waals surface area contributed by atoms with Gasteiger partial charge < -0.3 is 4.90 Å². The van der Waals surface area contributed by atoms with Crippen LogP contribution in [0.3, 0.4) is 0 Å². The summed E-state index contributed by atoms with van der Waals surface area (Å²) in [5, 5.41) is 0. The number of rotatable bonds is 2. The van der Waals surface area contributed by atoms with E-state index in [1.807, 2.05) is 6.07 Å². The van der Waals surface area contributed by atoms with E-state index in [-0.39, 0.29) is 12.0 Å². The standard InChI is InChI=1S/C20H21NO/c1-14-7-9-16(10-8-14)21-17-11-12-18(19(22)13-17)20(21)15-5-3-2-4-6-15/h2-10,17-18,20H,11-13H2,1H3/t17-,18+,20-/m0/s1. The fourth-order valence-electron chi connectivity index (χ4n) is 4.14. The molecule has 0 spiro atoms. The number of fused-ring (bicyclic) bond motifs is 3. The number of piperidine rings is 2. The summed E-state index contributed by atoms with van der Waals surface area (Å²) in [5.74, 6) is 0.599. The average Bonchev–Trinajstić information content (AvgIpc) is 2.56. The van der Waals surface area contributed by atoms with E-state index in [4.69, 9.17) is 0 Å². The highest BCUT2D eigenvalue weighted by Crippen LogP contribution is 2.47. The molecular weight excluding hydrogens is 270 g/mol. The van der Waals surface area contributed by atoms with Crippen LogP contribution in [0.1, 0.15) is 36.4 Å². The van der Waals surface area contributed by atoms with Gasteiger partial charge in [0.05, 0.1) is 6.04 Å². The number of aryl methyl sites for hydroxylation is 1. The Hall–Kier alpha value is -2.09. The number of carbonyl (C=O) groups is 1. The van der Waals surface area contributed by atoms with Crippen LogP contribution in [0.15, 0.2) is 54.6 Å². The van der Waals surface area contributed by atoms with Gasteiger partial charge in [-0.15, -0.1) is 0 Å². The van der Waals surface area contributed by atoms with Crippen molar-refractivity contribution >= 4 is 11.5 Å². The third-order valence-corrected chi connectivity index (χ3v) is 5.21. The summed E-state index contributed by atoms with van der Waals surface area (Å²) in [7, 11) is 0. The maximum Gasteiger partial charge on any atom is 0.140 e. The second kappa shape index (κ2) is 5.28. The SMILES string of the molecule is Cc1ccc(N2[C@H]3CC[C@H](C(=O)C3)[C@@H]2c2ccccc2)cc1. The predicted molar refractivity (Wildman–Crippen MR) is 89.0 cm³/mol. The summed E-state index contributed by atoms with van der Waals surface area (Å²) in [4.78, 5) is 14.9. The number of anilines is 1. The molecule has 2 heterocycles. The number of Topliss-reactive ketones (excluding diaryl/α,β-unsaturated/α-hetero) is 1. The molecule has 1 aliphatic carbocycles. The lowest BCUT2D eigenvalue weighted by Gasteiger charge is -2.52. The molecule has 3 aliphatic rings. The van der Waals surface area contributed by atoms with Crippen LogP contribution in [0.25, 0.3) is 0 Å². The fourth-order valence-corrected chi connectivity index (χ4v) is 4.14. The van der Waals surface area contributed by atoms with Crippen molar-refractivity contribution in [3.8, 4) is 0 Å². The van der Waals surface area contributed by atoms with Crippen molar-refractivity contribution in [1.82, 2.24) is 0 Å². The van der Waals surface area contributed by atoms with E-state index >= 15 is 0 Å². The Kier molecular flexibility index (Phi) is 3.25. The number of hydrogen-bond acceptors (Lipinski definition) is 2. The van der Waals surface area contributed by atoms with Crippen LogP contribution in [0.5, 0.6) is 0 Å². The summed E-state index contributed by atoms with van der Waals surface area (Å²) in [6.07, 6.45) is 2.88. The zero-order valence-electron chi connectivity index (χ0n) is 12.9. The van der Waals surface area contributed by atoms with E-state index in [0.29, 0.717) is 18.2 Å². The Balaban J connectivity index is 1.80. The Morgan fingerprint density at radius 3 is 2.36 bits per heavy atom. The molecule has 1 saturated carbocycles. The van der Waals surface area contributed by atoms with Gasteiger partial charge in [-0.3, -0.25) is 4.79 Å². The topological polar surface area (TPSA) is 20.3 Å². The average molecular weight is 291 g/mol. The molecule has 0 amide bonds. The molecule has 5 rings (SSSR count). The molecule has 2 saturated heterocycles. The molecular formula is C20H21NO. The van der Waals surface area contributed by atoms with Crippen LogP contribution in [-0.2, 0) is 4.79 Å². The minimum absolute atomic E-state index is 0.147. The maximum atomic E-state index is 12.4. The summed E-state index contributed by atoms with van der Waals surface area (Å²) >= 11 is 0. The molecule has 0 aromatic heterocycles. The van der Waals surface area contributed by atoms with Crippen molar-refractivity contribution in [3.63, 3.8) is 0 Å². The molecule has 2 aromatic rings. The molecule has 0 radical (unpaired) electrons. The fraction of sp³-hybridized carbons (Fsp3) is 0.350. The van der Waals surface area contributed by atoms with Crippen LogP contribution in [0.4, 0.5) is 5.69 Å². The van der Waals surface area contributed by atoms with Crippen molar-refractivity contribution in [3.05, 3.63) is 65.7 Å². The Bertz CT molecular complexity index is 677. The van der Waals surface area contributed by atoms with Gasteiger partial charge in [-0.25, -0.2) is 0 Å². The van der Waals surface area contributed by atoms with Crippen molar-refractivity contribution in [2.24, 2.45) is 5.92 Å². The predicted octanol–water partition coefficient (Wildman–Crippen LogP) is 4.29. The van der Waals surface area contributed by atoms with E-state index in [1.165, 1.54) is 16.8 Å². The minimum Gasteiger partial charge on any atom is -0.360 e. The maximum absolute atomic E-state index is 12.4. The van der Waals surface area contributed by atoms with Crippen LogP contribution < -0.4 is 4.90 Å². The first-order valence-corrected chi connectivity index (χ1v) is 8.17. The lowest BCUT2D eigenvalue weighted by molar-refractivity contribution is -0.128. The zero-order valence-corrected chi connectivity index (χ0v) is 12.9. The van der Waals surface area contributed by atoms with Crippen LogP contribution in [-0.4, -0.2) is 11.8 Å².